The number of thiol groups is 1. The minimum atomic E-state index is 0.452. The maximum atomic E-state index is 4.67. The van der Waals surface area contributed by atoms with E-state index in [4.69, 9.17) is 0 Å². The number of likely N-dealkylation sites (N-methyl/N-ethyl adjacent to an activating group) is 1. The van der Waals surface area contributed by atoms with Crippen LogP contribution in [0.5, 0.6) is 0 Å². The van der Waals surface area contributed by atoms with Crippen LogP contribution in [0.4, 0.5) is 0 Å². The van der Waals surface area contributed by atoms with Gasteiger partial charge >= 0.3 is 0 Å². The standard InChI is InChI=1S/C15H32N2S/c1-5-8-15(13-18,9-6-2)12-17-10-7-14(11-17)16(3)4/h14,18H,5-13H2,1-4H3. The fourth-order valence-electron chi connectivity index (χ4n) is 3.40. The van der Waals surface area contributed by atoms with Crippen LogP contribution in [0.2, 0.25) is 0 Å². The molecule has 1 unspecified atom stereocenters. The van der Waals surface area contributed by atoms with E-state index in [1.807, 2.05) is 0 Å². The highest BCUT2D eigenvalue weighted by atomic mass is 32.1. The lowest BCUT2D eigenvalue weighted by molar-refractivity contribution is 0.160. The van der Waals surface area contributed by atoms with E-state index in [1.54, 1.807) is 0 Å². The van der Waals surface area contributed by atoms with Gasteiger partial charge in [-0.05, 0) is 51.1 Å². The molecule has 0 spiro atoms. The van der Waals surface area contributed by atoms with Crippen LogP contribution in [0.15, 0.2) is 0 Å². The minimum absolute atomic E-state index is 0.452. The monoisotopic (exact) mass is 272 g/mol. The predicted molar refractivity (Wildman–Crippen MR) is 84.6 cm³/mol. The smallest absolute Gasteiger partial charge is 0.0229 e. The molecule has 2 nitrogen and oxygen atoms in total. The molecule has 1 rings (SSSR count). The topological polar surface area (TPSA) is 6.48 Å². The maximum absolute atomic E-state index is 4.67. The van der Waals surface area contributed by atoms with Gasteiger partial charge in [0.05, 0.1) is 0 Å². The molecule has 1 heterocycles. The third-order valence-corrected chi connectivity index (χ3v) is 5.10. The Hall–Kier alpha value is 0.270. The van der Waals surface area contributed by atoms with E-state index in [2.05, 4.69) is 50.4 Å². The Bertz CT molecular complexity index is 225. The second-order valence-corrected chi connectivity index (χ2v) is 6.62. The van der Waals surface area contributed by atoms with Gasteiger partial charge in [0.1, 0.15) is 0 Å². The van der Waals surface area contributed by atoms with Crippen molar-refractivity contribution < 1.29 is 0 Å². The molecule has 1 saturated heterocycles. The lowest BCUT2D eigenvalue weighted by Crippen LogP contribution is -2.40. The van der Waals surface area contributed by atoms with Gasteiger partial charge < -0.3 is 9.80 Å². The van der Waals surface area contributed by atoms with E-state index in [1.165, 1.54) is 51.7 Å². The van der Waals surface area contributed by atoms with Gasteiger partial charge in [-0.1, -0.05) is 26.7 Å². The van der Waals surface area contributed by atoms with Crippen molar-refractivity contribution in [3.05, 3.63) is 0 Å². The number of rotatable bonds is 8. The Labute approximate surface area is 120 Å². The Morgan fingerprint density at radius 2 is 1.83 bits per heavy atom. The molecule has 0 amide bonds. The quantitative estimate of drug-likeness (QED) is 0.678. The van der Waals surface area contributed by atoms with Gasteiger partial charge in [0.25, 0.3) is 0 Å². The third-order valence-electron chi connectivity index (χ3n) is 4.43. The summed E-state index contributed by atoms with van der Waals surface area (Å²) in [6, 6.07) is 0.755. The summed E-state index contributed by atoms with van der Waals surface area (Å²) < 4.78 is 0. The van der Waals surface area contributed by atoms with Crippen LogP contribution in [0.3, 0.4) is 0 Å². The second-order valence-electron chi connectivity index (χ2n) is 6.30. The number of nitrogens with zero attached hydrogens (tertiary/aromatic N) is 2. The predicted octanol–water partition coefficient (Wildman–Crippen LogP) is 3.14. The van der Waals surface area contributed by atoms with Crippen LogP contribution in [-0.2, 0) is 0 Å². The first-order valence-electron chi connectivity index (χ1n) is 7.56. The zero-order chi connectivity index (χ0) is 13.6. The Morgan fingerprint density at radius 3 is 2.22 bits per heavy atom. The summed E-state index contributed by atoms with van der Waals surface area (Å²) in [5.41, 5.74) is 0.452. The SMILES string of the molecule is CCCC(CS)(CCC)CN1CCC(N(C)C)C1. The lowest BCUT2D eigenvalue weighted by atomic mass is 9.80. The zero-order valence-electron chi connectivity index (χ0n) is 12.8. The van der Waals surface area contributed by atoms with Crippen molar-refractivity contribution in [1.29, 1.82) is 0 Å². The van der Waals surface area contributed by atoms with Crippen LogP contribution in [0.1, 0.15) is 46.0 Å². The van der Waals surface area contributed by atoms with E-state index in [9.17, 15) is 0 Å². The van der Waals surface area contributed by atoms with Crippen molar-refractivity contribution in [1.82, 2.24) is 9.80 Å². The van der Waals surface area contributed by atoms with Gasteiger partial charge in [-0.2, -0.15) is 12.6 Å². The minimum Gasteiger partial charge on any atom is -0.305 e. The molecular formula is C15H32N2S. The van der Waals surface area contributed by atoms with Crippen molar-refractivity contribution in [2.75, 3.05) is 39.5 Å². The van der Waals surface area contributed by atoms with Crippen LogP contribution in [0, 0.1) is 5.41 Å². The van der Waals surface area contributed by atoms with Gasteiger partial charge in [-0.25, -0.2) is 0 Å². The zero-order valence-corrected chi connectivity index (χ0v) is 13.7. The molecular weight excluding hydrogens is 240 g/mol. The van der Waals surface area contributed by atoms with Gasteiger partial charge in [0.2, 0.25) is 0 Å². The molecule has 0 aliphatic carbocycles. The molecule has 0 radical (unpaired) electrons. The number of hydrogen-bond donors (Lipinski definition) is 1. The highest BCUT2D eigenvalue weighted by Crippen LogP contribution is 2.33. The molecule has 1 atom stereocenters. The van der Waals surface area contributed by atoms with Gasteiger partial charge in [0, 0.05) is 19.1 Å². The fourth-order valence-corrected chi connectivity index (χ4v) is 3.82. The van der Waals surface area contributed by atoms with Crippen LogP contribution >= 0.6 is 12.6 Å². The largest absolute Gasteiger partial charge is 0.305 e. The van der Waals surface area contributed by atoms with E-state index < -0.39 is 0 Å². The summed E-state index contributed by atoms with van der Waals surface area (Å²) >= 11 is 4.67. The van der Waals surface area contributed by atoms with Gasteiger partial charge in [-0.3, -0.25) is 0 Å². The van der Waals surface area contributed by atoms with Crippen molar-refractivity contribution in [3.63, 3.8) is 0 Å². The van der Waals surface area contributed by atoms with Gasteiger partial charge in [0.15, 0.2) is 0 Å². The average molecular weight is 273 g/mol. The van der Waals surface area contributed by atoms with E-state index >= 15 is 0 Å². The fraction of sp³-hybridized carbons (Fsp3) is 1.00. The van der Waals surface area contributed by atoms with E-state index in [0.29, 0.717) is 5.41 Å². The van der Waals surface area contributed by atoms with Gasteiger partial charge in [-0.15, -0.1) is 0 Å². The first-order valence-corrected chi connectivity index (χ1v) is 8.19. The number of likely N-dealkylation sites (tertiary alicyclic amines) is 1. The highest BCUT2D eigenvalue weighted by molar-refractivity contribution is 7.80. The average Bonchev–Trinajstić information content (AvgIpc) is 2.78. The van der Waals surface area contributed by atoms with Crippen molar-refractivity contribution in [2.24, 2.45) is 5.41 Å². The molecule has 0 N–H and O–H groups in total. The molecule has 0 bridgehead atoms. The number of hydrogen-bond acceptors (Lipinski definition) is 3. The maximum Gasteiger partial charge on any atom is 0.0229 e. The first kappa shape index (κ1) is 16.3. The summed E-state index contributed by atoms with van der Waals surface area (Å²) in [7, 11) is 4.41. The Kier molecular flexibility index (Phi) is 7.04. The molecule has 0 aromatic heterocycles. The van der Waals surface area contributed by atoms with E-state index in [-0.39, 0.29) is 0 Å². The van der Waals surface area contributed by atoms with Crippen LogP contribution in [-0.4, -0.2) is 55.3 Å². The molecule has 0 aromatic carbocycles. The molecule has 1 fully saturated rings. The summed E-state index contributed by atoms with van der Waals surface area (Å²) in [4.78, 5) is 5.05. The Morgan fingerprint density at radius 1 is 1.22 bits per heavy atom. The molecule has 1 aliphatic heterocycles. The van der Waals surface area contributed by atoms with Crippen molar-refractivity contribution in [2.45, 2.75) is 52.0 Å². The summed E-state index contributed by atoms with van der Waals surface area (Å²) in [6.45, 7) is 8.38. The van der Waals surface area contributed by atoms with E-state index in [0.717, 1.165) is 11.8 Å². The lowest BCUT2D eigenvalue weighted by Gasteiger charge is -2.36. The summed E-state index contributed by atoms with van der Waals surface area (Å²) in [5.74, 6) is 1.04. The molecule has 3 heteroatoms. The molecule has 18 heavy (non-hydrogen) atoms. The summed E-state index contributed by atoms with van der Waals surface area (Å²) in [6.07, 6.45) is 6.55. The molecule has 0 saturated carbocycles. The molecule has 0 aromatic rings. The first-order chi connectivity index (χ1) is 8.56. The van der Waals surface area contributed by atoms with Crippen LogP contribution in [0.25, 0.3) is 0 Å². The highest BCUT2D eigenvalue weighted by Gasteiger charge is 2.33. The Balaban J connectivity index is 2.55. The normalized spacial score (nSPS) is 22.0. The van der Waals surface area contributed by atoms with Crippen molar-refractivity contribution in [3.8, 4) is 0 Å². The van der Waals surface area contributed by atoms with Crippen LogP contribution < -0.4 is 0 Å². The molecule has 108 valence electrons. The third kappa shape index (κ3) is 4.43. The second kappa shape index (κ2) is 7.76. The summed E-state index contributed by atoms with van der Waals surface area (Å²) in [5, 5.41) is 0. The molecule has 1 aliphatic rings. The van der Waals surface area contributed by atoms with Crippen molar-refractivity contribution >= 4 is 12.6 Å².